The lowest BCUT2D eigenvalue weighted by molar-refractivity contribution is -0.385. The highest BCUT2D eigenvalue weighted by Crippen LogP contribution is 2.43. The maximum absolute atomic E-state index is 13.3. The van der Waals surface area contributed by atoms with Crippen LogP contribution in [0.1, 0.15) is 12.5 Å². The molecule has 0 N–H and O–H groups in total. The highest BCUT2D eigenvalue weighted by Gasteiger charge is 2.36. The summed E-state index contributed by atoms with van der Waals surface area (Å²) < 4.78 is 44.6. The Hall–Kier alpha value is -3.02. The number of nitrogens with zero attached hydrogens (tertiary/aromatic N) is 4. The van der Waals surface area contributed by atoms with Crippen LogP contribution in [0.2, 0.25) is 0 Å². The summed E-state index contributed by atoms with van der Waals surface area (Å²) in [5.74, 6) is -0.380. The smallest absolute Gasteiger partial charge is 0.418 e. The number of likely N-dealkylation sites (N-methyl/N-ethyl adjacent to an activating group) is 1. The number of anilines is 1. The second-order valence-corrected chi connectivity index (χ2v) is 6.91. The summed E-state index contributed by atoms with van der Waals surface area (Å²) in [4.78, 5) is 22.5. The Bertz CT molecular complexity index is 965. The lowest BCUT2D eigenvalue weighted by Crippen LogP contribution is -2.23. The van der Waals surface area contributed by atoms with Crippen molar-refractivity contribution in [2.24, 2.45) is 10.2 Å². The van der Waals surface area contributed by atoms with E-state index in [2.05, 4.69) is 26.2 Å². The van der Waals surface area contributed by atoms with Gasteiger partial charge in [-0.05, 0) is 40.2 Å². The molecule has 0 aliphatic rings. The Morgan fingerprint density at radius 1 is 1.23 bits per heavy atom. The van der Waals surface area contributed by atoms with Gasteiger partial charge in [0.05, 0.1) is 27.2 Å². The van der Waals surface area contributed by atoms with Crippen molar-refractivity contribution in [3.05, 3.63) is 56.5 Å². The standard InChI is InChI=1S/C18H16BrF3N4O4/c1-11(27)30-8-7-25(2)13-5-3-12(4-6-13)23-24-17-15(18(20,21)22)9-14(26(28)29)10-16(17)19/h3-6,9-10H,7-8H2,1-2H3. The molecule has 2 aromatic carbocycles. The van der Waals surface area contributed by atoms with Crippen LogP contribution in [-0.2, 0) is 15.7 Å². The molecule has 0 amide bonds. The van der Waals surface area contributed by atoms with Gasteiger partial charge in [0, 0.05) is 31.8 Å². The average molecular weight is 489 g/mol. The number of hydrogen-bond acceptors (Lipinski definition) is 7. The SMILES string of the molecule is CC(=O)OCCN(C)c1ccc(N=Nc2c(Br)cc([N+](=O)[O-])cc2C(F)(F)F)cc1. The minimum Gasteiger partial charge on any atom is -0.464 e. The maximum atomic E-state index is 13.3. The zero-order chi connectivity index (χ0) is 22.5. The zero-order valence-corrected chi connectivity index (χ0v) is 17.4. The molecule has 0 atom stereocenters. The number of benzene rings is 2. The van der Waals surface area contributed by atoms with E-state index in [9.17, 15) is 28.1 Å². The molecule has 0 bridgehead atoms. The summed E-state index contributed by atoms with van der Waals surface area (Å²) in [6.45, 7) is 1.97. The Balaban J connectivity index is 2.23. The molecule has 0 spiro atoms. The van der Waals surface area contributed by atoms with Gasteiger partial charge in [-0.15, -0.1) is 5.11 Å². The van der Waals surface area contributed by atoms with Crippen molar-refractivity contribution in [3.8, 4) is 0 Å². The van der Waals surface area contributed by atoms with Gasteiger partial charge < -0.3 is 9.64 Å². The van der Waals surface area contributed by atoms with Crippen LogP contribution in [0.3, 0.4) is 0 Å². The van der Waals surface area contributed by atoms with Gasteiger partial charge in [-0.25, -0.2) is 0 Å². The van der Waals surface area contributed by atoms with Gasteiger partial charge in [0.1, 0.15) is 12.3 Å². The number of nitro groups is 1. The molecule has 0 fully saturated rings. The van der Waals surface area contributed by atoms with Crippen molar-refractivity contribution >= 4 is 44.6 Å². The van der Waals surface area contributed by atoms with E-state index in [0.717, 1.165) is 11.8 Å². The van der Waals surface area contributed by atoms with E-state index in [0.29, 0.717) is 12.6 Å². The van der Waals surface area contributed by atoms with Gasteiger partial charge in [-0.3, -0.25) is 14.9 Å². The molecule has 0 heterocycles. The number of non-ortho nitro benzene ring substituents is 1. The third kappa shape index (κ3) is 6.24. The molecule has 0 unspecified atom stereocenters. The largest absolute Gasteiger partial charge is 0.464 e. The van der Waals surface area contributed by atoms with Crippen molar-refractivity contribution in [1.82, 2.24) is 0 Å². The molecular weight excluding hydrogens is 473 g/mol. The van der Waals surface area contributed by atoms with Crippen molar-refractivity contribution in [3.63, 3.8) is 0 Å². The van der Waals surface area contributed by atoms with Crippen LogP contribution in [-0.4, -0.2) is 31.1 Å². The highest BCUT2D eigenvalue weighted by molar-refractivity contribution is 9.10. The van der Waals surface area contributed by atoms with Crippen molar-refractivity contribution in [1.29, 1.82) is 0 Å². The maximum Gasteiger partial charge on any atom is 0.418 e. The number of alkyl halides is 3. The van der Waals surface area contributed by atoms with Crippen molar-refractivity contribution < 1.29 is 27.6 Å². The average Bonchev–Trinajstić information content (AvgIpc) is 2.65. The minimum absolute atomic E-state index is 0.199. The molecule has 30 heavy (non-hydrogen) atoms. The Kier molecular flexibility index (Phi) is 7.48. The fourth-order valence-corrected chi connectivity index (χ4v) is 2.87. The van der Waals surface area contributed by atoms with E-state index in [4.69, 9.17) is 4.74 Å². The van der Waals surface area contributed by atoms with Crippen LogP contribution in [0.15, 0.2) is 51.1 Å². The summed E-state index contributed by atoms with van der Waals surface area (Å²) in [5, 5.41) is 18.3. The van der Waals surface area contributed by atoms with Crippen LogP contribution in [0.25, 0.3) is 0 Å². The molecule has 2 aromatic rings. The summed E-state index contributed by atoms with van der Waals surface area (Å²) in [7, 11) is 1.78. The first-order valence-corrected chi connectivity index (χ1v) is 9.19. The van der Waals surface area contributed by atoms with Gasteiger partial charge in [-0.2, -0.15) is 18.3 Å². The Morgan fingerprint density at radius 3 is 2.40 bits per heavy atom. The van der Waals surface area contributed by atoms with E-state index in [1.54, 1.807) is 31.3 Å². The monoisotopic (exact) mass is 488 g/mol. The summed E-state index contributed by atoms with van der Waals surface area (Å²) in [6, 6.07) is 7.81. The highest BCUT2D eigenvalue weighted by atomic mass is 79.9. The quantitative estimate of drug-likeness (QED) is 0.212. The van der Waals surface area contributed by atoms with Crippen LogP contribution < -0.4 is 4.90 Å². The summed E-state index contributed by atoms with van der Waals surface area (Å²) in [6.07, 6.45) is -4.85. The molecule has 2 rings (SSSR count). The van der Waals surface area contributed by atoms with Crippen LogP contribution in [0.5, 0.6) is 0 Å². The zero-order valence-electron chi connectivity index (χ0n) is 15.8. The number of halogens is 4. The first-order valence-electron chi connectivity index (χ1n) is 8.40. The lowest BCUT2D eigenvalue weighted by atomic mass is 10.1. The predicted molar refractivity (Wildman–Crippen MR) is 106 cm³/mol. The van der Waals surface area contributed by atoms with Gasteiger partial charge >= 0.3 is 12.1 Å². The number of carbonyl (C=O) groups is 1. The van der Waals surface area contributed by atoms with Crippen LogP contribution in [0, 0.1) is 10.1 Å². The molecule has 0 saturated heterocycles. The number of nitro benzene ring substituents is 1. The third-order valence-electron chi connectivity index (χ3n) is 3.85. The normalized spacial score (nSPS) is 11.5. The van der Waals surface area contributed by atoms with E-state index in [-0.39, 0.29) is 22.7 Å². The van der Waals surface area contributed by atoms with E-state index in [1.165, 1.54) is 6.92 Å². The molecule has 0 aliphatic heterocycles. The van der Waals surface area contributed by atoms with Crippen LogP contribution >= 0.6 is 15.9 Å². The Labute approximate surface area is 177 Å². The second-order valence-electron chi connectivity index (χ2n) is 6.06. The molecule has 0 saturated carbocycles. The number of ether oxygens (including phenoxy) is 1. The minimum atomic E-state index is -4.85. The third-order valence-corrected chi connectivity index (χ3v) is 4.46. The van der Waals surface area contributed by atoms with Gasteiger partial charge in [0.25, 0.3) is 5.69 Å². The summed E-state index contributed by atoms with van der Waals surface area (Å²) in [5.41, 5.74) is -1.49. The number of carbonyl (C=O) groups excluding carboxylic acids is 1. The summed E-state index contributed by atoms with van der Waals surface area (Å²) >= 11 is 2.90. The van der Waals surface area contributed by atoms with E-state index in [1.807, 2.05) is 4.90 Å². The van der Waals surface area contributed by atoms with E-state index < -0.39 is 28.0 Å². The fraction of sp³-hybridized carbons (Fsp3) is 0.278. The second kappa shape index (κ2) is 9.65. The number of rotatable bonds is 7. The molecule has 0 radical (unpaired) electrons. The molecule has 160 valence electrons. The number of azo groups is 1. The van der Waals surface area contributed by atoms with Crippen LogP contribution in [0.4, 0.5) is 35.9 Å². The van der Waals surface area contributed by atoms with Crippen molar-refractivity contribution in [2.75, 3.05) is 25.1 Å². The van der Waals surface area contributed by atoms with Crippen molar-refractivity contribution in [2.45, 2.75) is 13.1 Å². The predicted octanol–water partition coefficient (Wildman–Crippen LogP) is 5.79. The first-order chi connectivity index (χ1) is 14.0. The number of esters is 1. The van der Waals surface area contributed by atoms with Gasteiger partial charge in [0.15, 0.2) is 0 Å². The Morgan fingerprint density at radius 2 is 1.87 bits per heavy atom. The fourth-order valence-electron chi connectivity index (χ4n) is 2.34. The number of hydrogen-bond donors (Lipinski definition) is 0. The lowest BCUT2D eigenvalue weighted by Gasteiger charge is -2.18. The topological polar surface area (TPSA) is 97.4 Å². The molecule has 0 aliphatic carbocycles. The first kappa shape index (κ1) is 23.3. The van der Waals surface area contributed by atoms with Gasteiger partial charge in [-0.1, -0.05) is 0 Å². The molecule has 8 nitrogen and oxygen atoms in total. The van der Waals surface area contributed by atoms with E-state index >= 15 is 0 Å². The molecular formula is C18H16BrF3N4O4. The molecule has 12 heteroatoms. The molecule has 0 aromatic heterocycles. The van der Waals surface area contributed by atoms with Gasteiger partial charge in [0.2, 0.25) is 0 Å².